The Kier molecular flexibility index (Phi) is 2.82. The maximum absolute atomic E-state index is 5.97. The number of hydrogen-bond donors (Lipinski definition) is 1. The second-order valence-corrected chi connectivity index (χ2v) is 4.64. The van der Waals surface area contributed by atoms with Crippen LogP contribution in [-0.2, 0) is 11.3 Å². The number of ether oxygens (including phenoxy) is 1. The number of fused-ring (bicyclic) bond motifs is 1. The first-order valence-electron chi connectivity index (χ1n) is 6.13. The highest BCUT2D eigenvalue weighted by Gasteiger charge is 2.24. The van der Waals surface area contributed by atoms with Gasteiger partial charge in [0.15, 0.2) is 0 Å². The van der Waals surface area contributed by atoms with Crippen molar-refractivity contribution in [3.05, 3.63) is 36.3 Å². The van der Waals surface area contributed by atoms with E-state index in [4.69, 9.17) is 10.5 Å². The fourth-order valence-corrected chi connectivity index (χ4v) is 2.41. The minimum atomic E-state index is 0.201. The van der Waals surface area contributed by atoms with E-state index in [1.54, 1.807) is 0 Å². The van der Waals surface area contributed by atoms with Crippen LogP contribution in [0.25, 0.3) is 5.65 Å². The fraction of sp³-hybridized carbons (Fsp3) is 0.462. The first-order valence-corrected chi connectivity index (χ1v) is 6.13. The summed E-state index contributed by atoms with van der Waals surface area (Å²) in [6.45, 7) is 0.556. The van der Waals surface area contributed by atoms with E-state index in [1.807, 2.05) is 35.0 Å². The third-order valence-corrected chi connectivity index (χ3v) is 3.36. The highest BCUT2D eigenvalue weighted by molar-refractivity contribution is 5.39. The van der Waals surface area contributed by atoms with Gasteiger partial charge in [-0.3, -0.25) is 0 Å². The lowest BCUT2D eigenvalue weighted by atomic mass is 10.2. The van der Waals surface area contributed by atoms with E-state index < -0.39 is 0 Å². The molecule has 2 N–H and O–H groups in total. The molecule has 1 aliphatic carbocycles. The lowest BCUT2D eigenvalue weighted by molar-refractivity contribution is 0.0341. The second-order valence-electron chi connectivity index (χ2n) is 4.64. The largest absolute Gasteiger partial charge is 0.370 e. The van der Waals surface area contributed by atoms with Crippen molar-refractivity contribution in [2.75, 3.05) is 0 Å². The maximum Gasteiger partial charge on any atom is 0.137 e. The Morgan fingerprint density at radius 2 is 2.35 bits per heavy atom. The number of aromatic nitrogens is 2. The molecule has 17 heavy (non-hydrogen) atoms. The summed E-state index contributed by atoms with van der Waals surface area (Å²) in [5, 5.41) is 0. The van der Waals surface area contributed by atoms with Crippen LogP contribution >= 0.6 is 0 Å². The van der Waals surface area contributed by atoms with Crippen LogP contribution in [0.1, 0.15) is 25.0 Å². The second kappa shape index (κ2) is 4.47. The molecule has 0 bridgehead atoms. The summed E-state index contributed by atoms with van der Waals surface area (Å²) in [7, 11) is 0. The topological polar surface area (TPSA) is 52.5 Å². The Labute approximate surface area is 100 Å². The predicted molar refractivity (Wildman–Crippen MR) is 65.6 cm³/mol. The number of nitrogens with two attached hydrogens (primary N) is 1. The van der Waals surface area contributed by atoms with Gasteiger partial charge >= 0.3 is 0 Å². The van der Waals surface area contributed by atoms with E-state index in [1.165, 1.54) is 6.42 Å². The van der Waals surface area contributed by atoms with Gasteiger partial charge in [-0.1, -0.05) is 6.07 Å². The summed E-state index contributed by atoms with van der Waals surface area (Å²) < 4.78 is 7.84. The van der Waals surface area contributed by atoms with Crippen molar-refractivity contribution in [2.45, 2.75) is 38.0 Å². The first kappa shape index (κ1) is 10.7. The van der Waals surface area contributed by atoms with Crippen molar-refractivity contribution >= 4 is 5.65 Å². The van der Waals surface area contributed by atoms with Gasteiger partial charge in [0.1, 0.15) is 5.65 Å². The minimum Gasteiger partial charge on any atom is -0.370 e. The highest BCUT2D eigenvalue weighted by atomic mass is 16.5. The van der Waals surface area contributed by atoms with Crippen molar-refractivity contribution in [1.82, 2.24) is 9.38 Å². The quantitative estimate of drug-likeness (QED) is 0.875. The monoisotopic (exact) mass is 231 g/mol. The molecular formula is C13H17N3O. The average Bonchev–Trinajstić information content (AvgIpc) is 2.92. The molecule has 90 valence electrons. The molecule has 0 radical (unpaired) electrons. The molecule has 0 saturated heterocycles. The van der Waals surface area contributed by atoms with Crippen LogP contribution < -0.4 is 5.73 Å². The molecule has 1 saturated carbocycles. The zero-order valence-corrected chi connectivity index (χ0v) is 9.75. The number of rotatable bonds is 3. The Morgan fingerprint density at radius 3 is 3.12 bits per heavy atom. The summed E-state index contributed by atoms with van der Waals surface area (Å²) in [5.74, 6) is 0. The summed E-state index contributed by atoms with van der Waals surface area (Å²) in [4.78, 5) is 4.50. The van der Waals surface area contributed by atoms with Crippen LogP contribution in [0.3, 0.4) is 0 Å². The highest BCUT2D eigenvalue weighted by Crippen LogP contribution is 2.21. The van der Waals surface area contributed by atoms with Gasteiger partial charge in [0.25, 0.3) is 0 Å². The smallest absolute Gasteiger partial charge is 0.137 e. The van der Waals surface area contributed by atoms with Crippen LogP contribution in [0.2, 0.25) is 0 Å². The van der Waals surface area contributed by atoms with Crippen LogP contribution in [0.4, 0.5) is 0 Å². The molecule has 2 atom stereocenters. The molecule has 1 fully saturated rings. The lowest BCUT2D eigenvalue weighted by Crippen LogP contribution is -2.31. The maximum atomic E-state index is 5.97. The molecule has 2 aromatic heterocycles. The molecule has 0 aliphatic heterocycles. The molecule has 4 heteroatoms. The molecule has 0 spiro atoms. The van der Waals surface area contributed by atoms with Gasteiger partial charge in [-0.05, 0) is 31.4 Å². The van der Waals surface area contributed by atoms with E-state index in [0.29, 0.717) is 6.61 Å². The summed E-state index contributed by atoms with van der Waals surface area (Å²) in [6, 6.07) is 6.17. The first-order chi connectivity index (χ1) is 8.33. The normalized spacial score (nSPS) is 24.5. The molecule has 1 aliphatic rings. The van der Waals surface area contributed by atoms with Gasteiger partial charge in [-0.25, -0.2) is 4.98 Å². The molecule has 2 aromatic rings. The van der Waals surface area contributed by atoms with E-state index in [0.717, 1.165) is 24.2 Å². The van der Waals surface area contributed by atoms with Crippen LogP contribution in [-0.4, -0.2) is 21.5 Å². The van der Waals surface area contributed by atoms with Gasteiger partial charge in [0.05, 0.1) is 18.4 Å². The van der Waals surface area contributed by atoms with Gasteiger partial charge in [0, 0.05) is 18.4 Å². The standard InChI is InChI=1S/C13H17N3O/c14-11-4-3-5-12(11)17-9-10-8-16-7-2-1-6-13(16)15-10/h1-2,6-8,11-12H,3-5,9,14H2. The number of nitrogens with zero attached hydrogens (tertiary/aromatic N) is 2. The van der Waals surface area contributed by atoms with Crippen molar-refractivity contribution in [1.29, 1.82) is 0 Å². The van der Waals surface area contributed by atoms with Crippen LogP contribution in [0.15, 0.2) is 30.6 Å². The summed E-state index contributed by atoms with van der Waals surface area (Å²) in [6.07, 6.45) is 7.55. The molecule has 0 aromatic carbocycles. The van der Waals surface area contributed by atoms with E-state index in [-0.39, 0.29) is 12.1 Å². The SMILES string of the molecule is NC1CCCC1OCc1cn2ccccc2n1. The average molecular weight is 231 g/mol. The Bertz CT molecular complexity index is 475. The van der Waals surface area contributed by atoms with Crippen molar-refractivity contribution in [3.8, 4) is 0 Å². The zero-order valence-electron chi connectivity index (χ0n) is 9.75. The molecule has 4 nitrogen and oxygen atoms in total. The van der Waals surface area contributed by atoms with Gasteiger partial charge in [0.2, 0.25) is 0 Å². The number of imidazole rings is 1. The van der Waals surface area contributed by atoms with Crippen molar-refractivity contribution in [3.63, 3.8) is 0 Å². The number of hydrogen-bond acceptors (Lipinski definition) is 3. The zero-order chi connectivity index (χ0) is 11.7. The van der Waals surface area contributed by atoms with Gasteiger partial charge in [-0.2, -0.15) is 0 Å². The molecule has 3 rings (SSSR count). The van der Waals surface area contributed by atoms with Gasteiger partial charge < -0.3 is 14.9 Å². The third kappa shape index (κ3) is 2.18. The molecular weight excluding hydrogens is 214 g/mol. The summed E-state index contributed by atoms with van der Waals surface area (Å²) in [5.41, 5.74) is 7.90. The van der Waals surface area contributed by atoms with Gasteiger partial charge in [-0.15, -0.1) is 0 Å². The predicted octanol–water partition coefficient (Wildman–Crippen LogP) is 1.73. The van der Waals surface area contributed by atoms with Crippen LogP contribution in [0, 0.1) is 0 Å². The third-order valence-electron chi connectivity index (χ3n) is 3.36. The van der Waals surface area contributed by atoms with E-state index >= 15 is 0 Å². The summed E-state index contributed by atoms with van der Waals surface area (Å²) >= 11 is 0. The van der Waals surface area contributed by atoms with Crippen molar-refractivity contribution in [2.24, 2.45) is 5.73 Å². The van der Waals surface area contributed by atoms with Crippen molar-refractivity contribution < 1.29 is 4.74 Å². The van der Waals surface area contributed by atoms with E-state index in [2.05, 4.69) is 4.98 Å². The Morgan fingerprint density at radius 1 is 1.41 bits per heavy atom. The van der Waals surface area contributed by atoms with Crippen LogP contribution in [0.5, 0.6) is 0 Å². The Balaban J connectivity index is 1.68. The molecule has 2 unspecified atom stereocenters. The number of pyridine rings is 1. The Hall–Kier alpha value is -1.39. The lowest BCUT2D eigenvalue weighted by Gasteiger charge is -2.15. The molecule has 0 amide bonds. The fourth-order valence-electron chi connectivity index (χ4n) is 2.41. The molecule has 2 heterocycles. The van der Waals surface area contributed by atoms with E-state index in [9.17, 15) is 0 Å². The minimum absolute atomic E-state index is 0.201.